The minimum Gasteiger partial charge on any atom is -0.512 e. The van der Waals surface area contributed by atoms with Crippen LogP contribution in [0.5, 0.6) is 0 Å². The average Bonchev–Trinajstić information content (AvgIpc) is 2.68. The van der Waals surface area contributed by atoms with Gasteiger partial charge in [0.05, 0.1) is 24.8 Å². The van der Waals surface area contributed by atoms with Crippen molar-refractivity contribution in [2.75, 3.05) is 12.0 Å². The van der Waals surface area contributed by atoms with Gasteiger partial charge in [-0.2, -0.15) is 0 Å². The van der Waals surface area contributed by atoms with Gasteiger partial charge >= 0.3 is 6.03 Å². The molecule has 3 N–H and O–H groups in total. The third-order valence-corrected chi connectivity index (χ3v) is 5.33. The smallest absolute Gasteiger partial charge is 0.320 e. The van der Waals surface area contributed by atoms with E-state index in [-0.39, 0.29) is 17.6 Å². The molecule has 2 heterocycles. The summed E-state index contributed by atoms with van der Waals surface area (Å²) < 4.78 is 5.84. The average molecular weight is 409 g/mol. The molecule has 1 unspecified atom stereocenters. The SMILES string of the molecule is COC1=CC(C(C)(C)C)=C(O)CC1(Cc1ccncc1)N(C(N)=O)c1cccnc1. The molecule has 30 heavy (non-hydrogen) atoms. The Morgan fingerprint density at radius 3 is 2.47 bits per heavy atom. The highest BCUT2D eigenvalue weighted by molar-refractivity contribution is 5.93. The first kappa shape index (κ1) is 21.4. The van der Waals surface area contributed by atoms with E-state index in [4.69, 9.17) is 10.5 Å². The molecule has 158 valence electrons. The van der Waals surface area contributed by atoms with E-state index < -0.39 is 11.6 Å². The number of allylic oxidation sites excluding steroid dienone is 2. The van der Waals surface area contributed by atoms with Crippen LogP contribution in [-0.2, 0) is 11.2 Å². The van der Waals surface area contributed by atoms with Gasteiger partial charge in [0.1, 0.15) is 11.3 Å². The number of methoxy groups -OCH3 is 1. The number of aliphatic hydroxyl groups is 1. The number of aliphatic hydroxyl groups excluding tert-OH is 1. The summed E-state index contributed by atoms with van der Waals surface area (Å²) in [6.07, 6.45) is 8.93. The fourth-order valence-electron chi connectivity index (χ4n) is 4.03. The lowest BCUT2D eigenvalue weighted by Gasteiger charge is -2.46. The number of pyridine rings is 2. The van der Waals surface area contributed by atoms with E-state index in [1.165, 1.54) is 4.90 Å². The molecule has 2 aromatic heterocycles. The number of nitrogens with zero attached hydrogens (tertiary/aromatic N) is 3. The van der Waals surface area contributed by atoms with Crippen LogP contribution < -0.4 is 10.6 Å². The lowest BCUT2D eigenvalue weighted by molar-refractivity contribution is 0.184. The Balaban J connectivity index is 2.24. The summed E-state index contributed by atoms with van der Waals surface area (Å²) in [7, 11) is 1.57. The molecule has 1 aliphatic carbocycles. The number of nitrogens with two attached hydrogens (primary N) is 1. The normalized spacial score (nSPS) is 19.3. The van der Waals surface area contributed by atoms with Crippen LogP contribution in [0.15, 0.2) is 72.2 Å². The van der Waals surface area contributed by atoms with Crippen molar-refractivity contribution in [2.24, 2.45) is 11.1 Å². The summed E-state index contributed by atoms with van der Waals surface area (Å²) >= 11 is 0. The Hall–Kier alpha value is -3.35. The number of anilines is 1. The molecule has 2 aromatic rings. The Kier molecular flexibility index (Phi) is 5.82. The van der Waals surface area contributed by atoms with Crippen molar-refractivity contribution < 1.29 is 14.6 Å². The van der Waals surface area contributed by atoms with E-state index >= 15 is 0 Å². The van der Waals surface area contributed by atoms with Gasteiger partial charge in [-0.05, 0) is 46.9 Å². The van der Waals surface area contributed by atoms with Gasteiger partial charge in [0.25, 0.3) is 0 Å². The molecule has 0 saturated heterocycles. The number of hydrogen-bond donors (Lipinski definition) is 2. The van der Waals surface area contributed by atoms with E-state index in [1.54, 1.807) is 44.0 Å². The number of rotatable bonds is 5. The fourth-order valence-corrected chi connectivity index (χ4v) is 4.03. The molecule has 0 saturated carbocycles. The lowest BCUT2D eigenvalue weighted by atomic mass is 9.73. The Labute approximate surface area is 176 Å². The van der Waals surface area contributed by atoms with Gasteiger partial charge in [-0.15, -0.1) is 0 Å². The highest BCUT2D eigenvalue weighted by atomic mass is 16.5. The predicted molar refractivity (Wildman–Crippen MR) is 116 cm³/mol. The van der Waals surface area contributed by atoms with Gasteiger partial charge in [-0.1, -0.05) is 20.8 Å². The summed E-state index contributed by atoms with van der Waals surface area (Å²) in [4.78, 5) is 22.5. The lowest BCUT2D eigenvalue weighted by Crippen LogP contribution is -2.58. The molecular weight excluding hydrogens is 380 g/mol. The van der Waals surface area contributed by atoms with Crippen molar-refractivity contribution in [1.82, 2.24) is 9.97 Å². The summed E-state index contributed by atoms with van der Waals surface area (Å²) in [6, 6.07) is 6.58. The Morgan fingerprint density at radius 1 is 1.23 bits per heavy atom. The van der Waals surface area contributed by atoms with Crippen LogP contribution in [0.4, 0.5) is 10.5 Å². The molecule has 0 fully saturated rings. The maximum Gasteiger partial charge on any atom is 0.320 e. The van der Waals surface area contributed by atoms with Crippen molar-refractivity contribution in [2.45, 2.75) is 39.2 Å². The number of hydrogen-bond acceptors (Lipinski definition) is 5. The van der Waals surface area contributed by atoms with Crippen molar-refractivity contribution in [3.8, 4) is 0 Å². The first-order chi connectivity index (χ1) is 14.2. The van der Waals surface area contributed by atoms with E-state index in [2.05, 4.69) is 9.97 Å². The van der Waals surface area contributed by atoms with Crippen LogP contribution >= 0.6 is 0 Å². The third-order valence-electron chi connectivity index (χ3n) is 5.33. The standard InChI is InChI=1S/C23H28N4O3/c1-22(2,3)18-12-20(30-4)23(14-19(18)28,13-16-7-10-25-11-8-16)27(21(24)29)17-6-5-9-26-15-17/h5-12,15,28H,13-14H2,1-4H3,(H2,24,29). The minimum absolute atomic E-state index is 0.152. The molecule has 0 bridgehead atoms. The first-order valence-electron chi connectivity index (χ1n) is 9.76. The van der Waals surface area contributed by atoms with E-state index in [1.807, 2.05) is 39.0 Å². The minimum atomic E-state index is -1.07. The summed E-state index contributed by atoms with van der Waals surface area (Å²) in [5, 5.41) is 11.1. The second-order valence-electron chi connectivity index (χ2n) is 8.45. The number of amides is 2. The number of carbonyl (C=O) groups is 1. The maximum absolute atomic E-state index is 12.8. The predicted octanol–water partition coefficient (Wildman–Crippen LogP) is 4.14. The first-order valence-corrected chi connectivity index (χ1v) is 9.76. The molecule has 1 atom stereocenters. The summed E-state index contributed by atoms with van der Waals surface area (Å²) in [5.41, 5.74) is 6.73. The zero-order valence-corrected chi connectivity index (χ0v) is 17.8. The quantitative estimate of drug-likeness (QED) is 0.774. The van der Waals surface area contributed by atoms with Gasteiger partial charge in [0, 0.05) is 31.4 Å². The number of ether oxygens (including phenoxy) is 1. The molecule has 2 amide bonds. The van der Waals surface area contributed by atoms with Crippen molar-refractivity contribution in [3.63, 3.8) is 0 Å². The maximum atomic E-state index is 12.8. The molecule has 7 heteroatoms. The number of aromatic nitrogens is 2. The number of primary amides is 1. The molecule has 0 aliphatic heterocycles. The highest BCUT2D eigenvalue weighted by Gasteiger charge is 2.49. The molecule has 3 rings (SSSR count). The van der Waals surface area contributed by atoms with Gasteiger partial charge in [0.15, 0.2) is 0 Å². The zero-order valence-electron chi connectivity index (χ0n) is 17.8. The molecule has 7 nitrogen and oxygen atoms in total. The van der Waals surface area contributed by atoms with E-state index in [0.717, 1.165) is 11.1 Å². The van der Waals surface area contributed by atoms with Gasteiger partial charge in [0.2, 0.25) is 0 Å². The zero-order chi connectivity index (χ0) is 21.9. The third kappa shape index (κ3) is 4.01. The van der Waals surface area contributed by atoms with Gasteiger partial charge in [-0.3, -0.25) is 14.9 Å². The summed E-state index contributed by atoms with van der Waals surface area (Å²) in [5.74, 6) is 0.747. The summed E-state index contributed by atoms with van der Waals surface area (Å²) in [6.45, 7) is 6.06. The monoisotopic (exact) mass is 408 g/mol. The Morgan fingerprint density at radius 2 is 1.93 bits per heavy atom. The second-order valence-corrected chi connectivity index (χ2v) is 8.45. The van der Waals surface area contributed by atoms with Crippen molar-refractivity contribution in [3.05, 3.63) is 77.8 Å². The van der Waals surface area contributed by atoms with Crippen LogP contribution in [0.1, 0.15) is 32.8 Å². The fraction of sp³-hybridized carbons (Fsp3) is 0.348. The van der Waals surface area contributed by atoms with Crippen LogP contribution in [0.25, 0.3) is 0 Å². The topological polar surface area (TPSA) is 102 Å². The Bertz CT molecular complexity index is 965. The van der Waals surface area contributed by atoms with Crippen LogP contribution in [0.2, 0.25) is 0 Å². The van der Waals surface area contributed by atoms with Crippen LogP contribution in [-0.4, -0.2) is 33.8 Å². The van der Waals surface area contributed by atoms with Crippen LogP contribution in [0, 0.1) is 5.41 Å². The van der Waals surface area contributed by atoms with Crippen LogP contribution in [0.3, 0.4) is 0 Å². The molecule has 0 spiro atoms. The molecule has 0 aromatic carbocycles. The van der Waals surface area contributed by atoms with E-state index in [9.17, 15) is 9.90 Å². The van der Waals surface area contributed by atoms with Gasteiger partial charge in [-0.25, -0.2) is 4.79 Å². The molecular formula is C23H28N4O3. The van der Waals surface area contributed by atoms with Gasteiger partial charge < -0.3 is 15.6 Å². The van der Waals surface area contributed by atoms with Crippen molar-refractivity contribution in [1.29, 1.82) is 0 Å². The molecule has 1 aliphatic rings. The number of carbonyl (C=O) groups excluding carboxylic acids is 1. The highest BCUT2D eigenvalue weighted by Crippen LogP contribution is 2.45. The second kappa shape index (κ2) is 8.18. The molecule has 0 radical (unpaired) electrons. The largest absolute Gasteiger partial charge is 0.512 e. The van der Waals surface area contributed by atoms with E-state index in [0.29, 0.717) is 17.9 Å². The van der Waals surface area contributed by atoms with Crippen molar-refractivity contribution >= 4 is 11.7 Å². The number of urea groups is 1.